The van der Waals surface area contributed by atoms with Crippen molar-refractivity contribution in [2.24, 2.45) is 10.3 Å². The van der Waals surface area contributed by atoms with Crippen LogP contribution in [0.1, 0.15) is 11.1 Å². The molecule has 2 aromatic rings. The Labute approximate surface area is 145 Å². The van der Waals surface area contributed by atoms with Crippen molar-refractivity contribution in [3.63, 3.8) is 0 Å². The zero-order valence-electron chi connectivity index (χ0n) is 11.0. The topological polar surface area (TPSA) is 65.2 Å². The van der Waals surface area contributed by atoms with Crippen molar-refractivity contribution in [3.8, 4) is 0 Å². The molecule has 0 fully saturated rings. The lowest BCUT2D eigenvalue weighted by molar-refractivity contribution is 0.320. The fraction of sp³-hybridized carbons (Fsp3) is 0. The minimum atomic E-state index is 0.0576. The summed E-state index contributed by atoms with van der Waals surface area (Å²) in [5.41, 5.74) is 1.31. The largest absolute Gasteiger partial charge is 0.410 e. The molecule has 114 valence electrons. The van der Waals surface area contributed by atoms with Gasteiger partial charge in [-0.3, -0.25) is 0 Å². The quantitative estimate of drug-likeness (QED) is 0.326. The highest BCUT2D eigenvalue weighted by molar-refractivity contribution is 8.76. The molecule has 0 saturated carbocycles. The van der Waals surface area contributed by atoms with Gasteiger partial charge in [0.25, 0.3) is 0 Å². The smallest absolute Gasteiger partial charge is 0.175 e. The highest BCUT2D eigenvalue weighted by Gasteiger charge is 2.03. The Morgan fingerprint density at radius 2 is 1.00 bits per heavy atom. The van der Waals surface area contributed by atoms with Crippen molar-refractivity contribution < 1.29 is 10.4 Å². The molecule has 0 amide bonds. The number of halogens is 2. The summed E-state index contributed by atoms with van der Waals surface area (Å²) in [5.74, 6) is 0. The Bertz CT molecular complexity index is 627. The van der Waals surface area contributed by atoms with Crippen LogP contribution in [0.3, 0.4) is 0 Å². The number of rotatable bonds is 5. The molecule has 0 atom stereocenters. The van der Waals surface area contributed by atoms with Gasteiger partial charge in [-0.25, -0.2) is 0 Å². The Kier molecular flexibility index (Phi) is 6.45. The number of oxime groups is 2. The first-order chi connectivity index (χ1) is 10.6. The van der Waals surface area contributed by atoms with Crippen molar-refractivity contribution in [2.75, 3.05) is 0 Å². The van der Waals surface area contributed by atoms with Crippen LogP contribution in [0.15, 0.2) is 68.6 Å². The zero-order valence-corrected chi connectivity index (χ0v) is 14.1. The van der Waals surface area contributed by atoms with Crippen LogP contribution in [0, 0.1) is 0 Å². The molecule has 0 aliphatic carbocycles. The van der Waals surface area contributed by atoms with E-state index in [1.165, 1.54) is 0 Å². The SMILES string of the molecule is O/N=C(\Cl)c1ccc(SSc2ccc(/C(Cl)=N/O)cc2)cc1. The van der Waals surface area contributed by atoms with Crippen LogP contribution >= 0.6 is 44.8 Å². The number of nitrogens with zero attached hydrogens (tertiary/aromatic N) is 2. The molecule has 0 bridgehead atoms. The van der Waals surface area contributed by atoms with Gasteiger partial charge in [-0.1, -0.05) is 79.4 Å². The lowest BCUT2D eigenvalue weighted by Gasteiger charge is -2.03. The van der Waals surface area contributed by atoms with E-state index in [2.05, 4.69) is 10.3 Å². The molecular formula is C14H10Cl2N2O2S2. The molecule has 8 heteroatoms. The van der Waals surface area contributed by atoms with Crippen LogP contribution < -0.4 is 0 Å². The van der Waals surface area contributed by atoms with Gasteiger partial charge >= 0.3 is 0 Å². The lowest BCUT2D eigenvalue weighted by Crippen LogP contribution is -1.90. The average Bonchev–Trinajstić information content (AvgIpc) is 2.59. The van der Waals surface area contributed by atoms with Crippen molar-refractivity contribution >= 4 is 55.1 Å². The van der Waals surface area contributed by atoms with Gasteiger partial charge in [0.05, 0.1) is 0 Å². The first-order valence-corrected chi connectivity index (χ1v) is 8.85. The van der Waals surface area contributed by atoms with Crippen LogP contribution in [-0.2, 0) is 0 Å². The molecule has 0 spiro atoms. The molecule has 0 aliphatic rings. The lowest BCUT2D eigenvalue weighted by atomic mass is 10.2. The van der Waals surface area contributed by atoms with Gasteiger partial charge < -0.3 is 10.4 Å². The molecule has 0 unspecified atom stereocenters. The van der Waals surface area contributed by atoms with E-state index in [9.17, 15) is 0 Å². The minimum Gasteiger partial charge on any atom is -0.410 e. The molecule has 2 N–H and O–H groups in total. The second-order valence-corrected chi connectivity index (χ2v) is 6.99. The van der Waals surface area contributed by atoms with Gasteiger partial charge in [0.1, 0.15) is 0 Å². The summed E-state index contributed by atoms with van der Waals surface area (Å²) in [6.07, 6.45) is 0. The van der Waals surface area contributed by atoms with Crippen LogP contribution in [0.5, 0.6) is 0 Å². The molecule has 0 aliphatic heterocycles. The van der Waals surface area contributed by atoms with Gasteiger partial charge in [-0.15, -0.1) is 0 Å². The summed E-state index contributed by atoms with van der Waals surface area (Å²) in [7, 11) is 3.16. The van der Waals surface area contributed by atoms with Crippen molar-refractivity contribution in [1.29, 1.82) is 0 Å². The summed E-state index contributed by atoms with van der Waals surface area (Å²) in [6, 6.07) is 14.7. The third-order valence-electron chi connectivity index (χ3n) is 2.59. The molecule has 2 rings (SSSR count). The summed E-state index contributed by atoms with van der Waals surface area (Å²) < 4.78 is 0. The van der Waals surface area contributed by atoms with E-state index >= 15 is 0 Å². The molecule has 0 saturated heterocycles. The molecular weight excluding hydrogens is 363 g/mol. The van der Waals surface area contributed by atoms with Gasteiger partial charge in [0.15, 0.2) is 10.3 Å². The van der Waals surface area contributed by atoms with Crippen LogP contribution in [-0.4, -0.2) is 20.8 Å². The van der Waals surface area contributed by atoms with Gasteiger partial charge in [0, 0.05) is 20.9 Å². The van der Waals surface area contributed by atoms with Crippen molar-refractivity contribution in [1.82, 2.24) is 0 Å². The second kappa shape index (κ2) is 8.33. The van der Waals surface area contributed by atoms with Crippen LogP contribution in [0.2, 0.25) is 0 Å². The second-order valence-electron chi connectivity index (χ2n) is 4.00. The van der Waals surface area contributed by atoms with E-state index in [-0.39, 0.29) is 10.3 Å². The molecule has 22 heavy (non-hydrogen) atoms. The predicted octanol–water partition coefficient (Wildman–Crippen LogP) is 5.24. The Morgan fingerprint density at radius 3 is 1.27 bits per heavy atom. The first kappa shape index (κ1) is 17.0. The zero-order chi connectivity index (χ0) is 15.9. The molecule has 0 aromatic heterocycles. The molecule has 0 radical (unpaired) electrons. The first-order valence-electron chi connectivity index (χ1n) is 5.94. The fourth-order valence-corrected chi connectivity index (χ4v) is 3.69. The summed E-state index contributed by atoms with van der Waals surface area (Å²) >= 11 is 11.4. The van der Waals surface area contributed by atoms with E-state index in [4.69, 9.17) is 33.6 Å². The van der Waals surface area contributed by atoms with Gasteiger partial charge in [-0.2, -0.15) is 0 Å². The third-order valence-corrected chi connectivity index (χ3v) is 5.60. The Hall–Kier alpha value is -1.34. The molecule has 0 heterocycles. The highest BCUT2D eigenvalue weighted by atomic mass is 35.5. The van der Waals surface area contributed by atoms with E-state index in [0.717, 1.165) is 9.79 Å². The van der Waals surface area contributed by atoms with Crippen molar-refractivity contribution in [3.05, 3.63) is 59.7 Å². The third kappa shape index (κ3) is 4.58. The number of hydrogen-bond acceptors (Lipinski definition) is 6. The van der Waals surface area contributed by atoms with Gasteiger partial charge in [-0.05, 0) is 24.3 Å². The highest BCUT2D eigenvalue weighted by Crippen LogP contribution is 2.37. The minimum absolute atomic E-state index is 0.0576. The standard InChI is InChI=1S/C14H10Cl2N2O2S2/c15-13(17-19)9-1-5-11(6-2-9)21-22-12-7-3-10(4-8-12)14(16)18-20/h1-8,19-20H/b17-13-,18-14-. The number of hydrogen-bond donors (Lipinski definition) is 2. The maximum atomic E-state index is 8.60. The Morgan fingerprint density at radius 1 is 0.682 bits per heavy atom. The molecule has 2 aromatic carbocycles. The van der Waals surface area contributed by atoms with Gasteiger partial charge in [0.2, 0.25) is 0 Å². The summed E-state index contributed by atoms with van der Waals surface area (Å²) in [4.78, 5) is 2.07. The van der Waals surface area contributed by atoms with E-state index in [1.54, 1.807) is 45.9 Å². The molecule has 4 nitrogen and oxygen atoms in total. The average molecular weight is 373 g/mol. The summed E-state index contributed by atoms with van der Waals surface area (Å²) in [6.45, 7) is 0. The maximum absolute atomic E-state index is 8.60. The monoisotopic (exact) mass is 372 g/mol. The maximum Gasteiger partial charge on any atom is 0.175 e. The van der Waals surface area contributed by atoms with Crippen LogP contribution in [0.4, 0.5) is 0 Å². The summed E-state index contributed by atoms with van der Waals surface area (Å²) in [5, 5.41) is 23.2. The number of benzene rings is 2. The Balaban J connectivity index is 1.98. The van der Waals surface area contributed by atoms with E-state index in [0.29, 0.717) is 11.1 Å². The fourth-order valence-electron chi connectivity index (χ4n) is 1.51. The normalized spacial score (nSPS) is 12.5. The van der Waals surface area contributed by atoms with Crippen molar-refractivity contribution in [2.45, 2.75) is 9.79 Å². The van der Waals surface area contributed by atoms with E-state index in [1.807, 2.05) is 24.3 Å². The van der Waals surface area contributed by atoms with E-state index < -0.39 is 0 Å². The predicted molar refractivity (Wildman–Crippen MR) is 93.0 cm³/mol. The van der Waals surface area contributed by atoms with Crippen LogP contribution in [0.25, 0.3) is 0 Å².